The SMILES string of the molecule is O=C(O)C(CCCCN1C(=O)c2c(Cl)c(Cl)c(Cl)c(Cl)c2C1=O)N1C(=O)c2c(Cl)c(Cl)c(Cl)c(Cl)c2C1=O. The maximum absolute atomic E-state index is 13.0. The topological polar surface area (TPSA) is 112 Å². The Morgan fingerprint density at radius 1 is 0.579 bits per heavy atom. The third-order valence-electron chi connectivity index (χ3n) is 6.02. The summed E-state index contributed by atoms with van der Waals surface area (Å²) in [5, 5.41) is 7.84. The Labute approximate surface area is 254 Å². The van der Waals surface area contributed by atoms with E-state index in [1.54, 1.807) is 0 Å². The fourth-order valence-corrected chi connectivity index (χ4v) is 6.25. The van der Waals surface area contributed by atoms with Gasteiger partial charge < -0.3 is 5.11 Å². The highest BCUT2D eigenvalue weighted by Gasteiger charge is 2.47. The number of nitrogens with zero attached hydrogens (tertiary/aromatic N) is 2. The van der Waals surface area contributed by atoms with E-state index in [-0.39, 0.29) is 88.2 Å². The van der Waals surface area contributed by atoms with Gasteiger partial charge in [-0.1, -0.05) is 92.8 Å². The van der Waals surface area contributed by atoms with E-state index in [0.717, 1.165) is 4.90 Å². The molecule has 0 aromatic heterocycles. The highest BCUT2D eigenvalue weighted by atomic mass is 35.5. The molecule has 1 N–H and O–H groups in total. The number of carboxylic acids is 1. The first kappa shape index (κ1) is 29.5. The van der Waals surface area contributed by atoms with Gasteiger partial charge in [0.15, 0.2) is 0 Å². The molecule has 38 heavy (non-hydrogen) atoms. The molecule has 2 aromatic rings. The number of hydrogen-bond donors (Lipinski definition) is 1. The van der Waals surface area contributed by atoms with E-state index in [0.29, 0.717) is 4.90 Å². The summed E-state index contributed by atoms with van der Waals surface area (Å²) < 4.78 is 0. The smallest absolute Gasteiger partial charge is 0.326 e. The van der Waals surface area contributed by atoms with E-state index < -0.39 is 35.6 Å². The molecule has 0 radical (unpaired) electrons. The molecule has 0 spiro atoms. The Morgan fingerprint density at radius 3 is 1.26 bits per heavy atom. The first-order valence-electron chi connectivity index (χ1n) is 10.4. The molecule has 2 aliphatic rings. The van der Waals surface area contributed by atoms with Gasteiger partial charge in [-0.2, -0.15) is 0 Å². The van der Waals surface area contributed by atoms with E-state index in [9.17, 15) is 29.1 Å². The second-order valence-electron chi connectivity index (χ2n) is 8.10. The van der Waals surface area contributed by atoms with Gasteiger partial charge in [0.25, 0.3) is 23.6 Å². The van der Waals surface area contributed by atoms with Crippen molar-refractivity contribution in [2.24, 2.45) is 0 Å². The zero-order valence-corrected chi connectivity index (χ0v) is 24.4. The normalized spacial score (nSPS) is 15.5. The highest BCUT2D eigenvalue weighted by molar-refractivity contribution is 6.56. The summed E-state index contributed by atoms with van der Waals surface area (Å²) in [6.45, 7) is -0.147. The molecule has 0 aliphatic carbocycles. The maximum Gasteiger partial charge on any atom is 0.326 e. The molecule has 0 fully saturated rings. The van der Waals surface area contributed by atoms with E-state index in [1.807, 2.05) is 0 Å². The molecule has 2 aromatic carbocycles. The molecular formula is C22H10Cl8N2O6. The van der Waals surface area contributed by atoms with Crippen molar-refractivity contribution in [3.63, 3.8) is 0 Å². The van der Waals surface area contributed by atoms with Gasteiger partial charge in [0, 0.05) is 6.54 Å². The Hall–Kier alpha value is -1.49. The van der Waals surface area contributed by atoms with Crippen LogP contribution in [0.1, 0.15) is 60.7 Å². The summed E-state index contributed by atoms with van der Waals surface area (Å²) in [7, 11) is 0. The molecule has 4 rings (SSSR count). The van der Waals surface area contributed by atoms with Crippen molar-refractivity contribution in [1.82, 2.24) is 9.80 Å². The number of amides is 4. The summed E-state index contributed by atoms with van der Waals surface area (Å²) in [5.41, 5.74) is -1.06. The predicted molar refractivity (Wildman–Crippen MR) is 144 cm³/mol. The van der Waals surface area contributed by atoms with Crippen LogP contribution >= 0.6 is 92.8 Å². The summed E-state index contributed by atoms with van der Waals surface area (Å²) in [6, 6.07) is -1.62. The van der Waals surface area contributed by atoms with Crippen LogP contribution in [0.5, 0.6) is 0 Å². The van der Waals surface area contributed by atoms with Crippen LogP contribution in [0.2, 0.25) is 40.2 Å². The van der Waals surface area contributed by atoms with Crippen LogP contribution in [0.3, 0.4) is 0 Å². The number of carbonyl (C=O) groups is 5. The number of fused-ring (bicyclic) bond motifs is 2. The molecule has 1 unspecified atom stereocenters. The van der Waals surface area contributed by atoms with Crippen molar-refractivity contribution >= 4 is 122 Å². The minimum Gasteiger partial charge on any atom is -0.480 e. The average Bonchev–Trinajstić information content (AvgIpc) is 3.27. The summed E-state index contributed by atoms with van der Waals surface area (Å²) >= 11 is 48.4. The Kier molecular flexibility index (Phi) is 8.40. The highest BCUT2D eigenvalue weighted by Crippen LogP contribution is 2.46. The summed E-state index contributed by atoms with van der Waals surface area (Å²) in [4.78, 5) is 65.1. The molecule has 0 bridgehead atoms. The van der Waals surface area contributed by atoms with Crippen molar-refractivity contribution in [2.45, 2.75) is 25.3 Å². The van der Waals surface area contributed by atoms with Crippen LogP contribution in [-0.2, 0) is 4.79 Å². The van der Waals surface area contributed by atoms with Gasteiger partial charge in [-0.25, -0.2) is 4.79 Å². The fraction of sp³-hybridized carbons (Fsp3) is 0.227. The lowest BCUT2D eigenvalue weighted by Gasteiger charge is -2.23. The predicted octanol–water partition coefficient (Wildman–Crippen LogP) is 7.43. The van der Waals surface area contributed by atoms with Crippen molar-refractivity contribution in [2.75, 3.05) is 6.54 Å². The fourth-order valence-electron chi connectivity index (χ4n) is 4.22. The van der Waals surface area contributed by atoms with E-state index >= 15 is 0 Å². The number of unbranched alkanes of at least 4 members (excludes halogenated alkanes) is 1. The quantitative estimate of drug-likeness (QED) is 0.141. The van der Waals surface area contributed by atoms with Gasteiger partial charge in [-0.3, -0.25) is 29.0 Å². The van der Waals surface area contributed by atoms with E-state index in [2.05, 4.69) is 0 Å². The van der Waals surface area contributed by atoms with Crippen LogP contribution in [0.25, 0.3) is 0 Å². The first-order chi connectivity index (χ1) is 17.7. The largest absolute Gasteiger partial charge is 0.480 e. The average molecular weight is 682 g/mol. The van der Waals surface area contributed by atoms with Crippen molar-refractivity contribution in [1.29, 1.82) is 0 Å². The number of benzene rings is 2. The third-order valence-corrected chi connectivity index (χ3v) is 9.63. The molecule has 16 heteroatoms. The molecule has 4 amide bonds. The van der Waals surface area contributed by atoms with Gasteiger partial charge >= 0.3 is 5.97 Å². The number of imide groups is 2. The maximum atomic E-state index is 13.0. The van der Waals surface area contributed by atoms with Crippen LogP contribution in [0, 0.1) is 0 Å². The minimum atomic E-state index is -1.62. The molecule has 1 atom stereocenters. The molecule has 2 heterocycles. The van der Waals surface area contributed by atoms with Gasteiger partial charge in [0.1, 0.15) is 6.04 Å². The van der Waals surface area contributed by atoms with Crippen LogP contribution in [0.4, 0.5) is 0 Å². The Morgan fingerprint density at radius 2 is 0.921 bits per heavy atom. The zero-order chi connectivity index (χ0) is 28.4. The molecule has 0 saturated heterocycles. The van der Waals surface area contributed by atoms with Crippen LogP contribution in [-0.4, -0.2) is 57.1 Å². The first-order valence-corrected chi connectivity index (χ1v) is 13.4. The third kappa shape index (κ3) is 4.43. The monoisotopic (exact) mass is 678 g/mol. The van der Waals surface area contributed by atoms with Gasteiger partial charge in [-0.05, 0) is 19.3 Å². The second-order valence-corrected chi connectivity index (χ2v) is 11.1. The lowest BCUT2D eigenvalue weighted by atomic mass is 10.1. The number of carbonyl (C=O) groups excluding carboxylic acids is 4. The Balaban J connectivity index is 1.50. The van der Waals surface area contributed by atoms with Gasteiger partial charge in [0.05, 0.1) is 62.4 Å². The standard InChI is InChI=1S/C22H10Cl8N2O6/c23-10-6-7(11(24)15(28)14(10)27)19(34)31(18(6)33)4-2-1-3-5(22(37)38)32-20(35)8-9(21(32)36)13(26)17(30)16(29)12(8)25/h5H,1-4H2,(H,37,38). The van der Waals surface area contributed by atoms with Crippen molar-refractivity contribution in [3.8, 4) is 0 Å². The number of hydrogen-bond acceptors (Lipinski definition) is 5. The lowest BCUT2D eigenvalue weighted by Crippen LogP contribution is -2.45. The Bertz CT molecular complexity index is 1400. The molecular weight excluding hydrogens is 672 g/mol. The minimum absolute atomic E-state index is 0.0731. The van der Waals surface area contributed by atoms with E-state index in [1.165, 1.54) is 0 Å². The molecule has 0 saturated carbocycles. The number of halogens is 8. The van der Waals surface area contributed by atoms with Crippen LogP contribution in [0.15, 0.2) is 0 Å². The summed E-state index contributed by atoms with van der Waals surface area (Å²) in [5.74, 6) is -4.97. The molecule has 2 aliphatic heterocycles. The number of aliphatic carboxylic acids is 1. The van der Waals surface area contributed by atoms with Crippen molar-refractivity contribution < 1.29 is 29.1 Å². The van der Waals surface area contributed by atoms with Crippen LogP contribution < -0.4 is 0 Å². The molecule has 8 nitrogen and oxygen atoms in total. The molecule has 200 valence electrons. The number of rotatable bonds is 7. The summed E-state index contributed by atoms with van der Waals surface area (Å²) in [6.07, 6.45) is -0.0438. The zero-order valence-electron chi connectivity index (χ0n) is 18.3. The number of carboxylic acid groups (broad SMARTS) is 1. The van der Waals surface area contributed by atoms with Crippen molar-refractivity contribution in [3.05, 3.63) is 62.4 Å². The van der Waals surface area contributed by atoms with E-state index in [4.69, 9.17) is 92.8 Å². The second kappa shape index (κ2) is 10.8. The van der Waals surface area contributed by atoms with Gasteiger partial charge in [-0.15, -0.1) is 0 Å². The van der Waals surface area contributed by atoms with Gasteiger partial charge in [0.2, 0.25) is 0 Å². The lowest BCUT2D eigenvalue weighted by molar-refractivity contribution is -0.141.